The summed E-state index contributed by atoms with van der Waals surface area (Å²) in [6.07, 6.45) is 3.29. The van der Waals surface area contributed by atoms with Crippen LogP contribution in [0.1, 0.15) is 25.3 Å². The molecule has 0 aliphatic heterocycles. The van der Waals surface area contributed by atoms with E-state index in [4.69, 9.17) is 0 Å². The Morgan fingerprint density at radius 1 is 1.64 bits per heavy atom. The van der Waals surface area contributed by atoms with Gasteiger partial charge in [-0.05, 0) is 42.2 Å². The molecule has 0 spiro atoms. The normalized spacial score (nSPS) is 20.7. The van der Waals surface area contributed by atoms with Gasteiger partial charge in [0.2, 0.25) is 0 Å². The highest BCUT2D eigenvalue weighted by Crippen LogP contribution is 2.21. The molecule has 78 valence electrons. The van der Waals surface area contributed by atoms with Gasteiger partial charge in [0, 0.05) is 19.0 Å². The third-order valence-corrected chi connectivity index (χ3v) is 3.25. The van der Waals surface area contributed by atoms with Gasteiger partial charge in [0.25, 0.3) is 0 Å². The fourth-order valence-electron chi connectivity index (χ4n) is 1.55. The molecule has 1 unspecified atom stereocenters. The SMILES string of the molecule is CC(O)(CNC1CC1)Cc1ccsc1. The number of nitrogens with one attached hydrogen (secondary N) is 1. The second-order valence-electron chi connectivity index (χ2n) is 4.46. The molecule has 1 aliphatic carbocycles. The summed E-state index contributed by atoms with van der Waals surface area (Å²) >= 11 is 1.69. The Hall–Kier alpha value is -0.380. The maximum absolute atomic E-state index is 10.1. The summed E-state index contributed by atoms with van der Waals surface area (Å²) in [5.41, 5.74) is 0.626. The Kier molecular flexibility index (Phi) is 2.91. The average Bonchev–Trinajstić information content (AvgIpc) is 2.82. The number of hydrogen-bond donors (Lipinski definition) is 2. The van der Waals surface area contributed by atoms with Gasteiger partial charge in [-0.25, -0.2) is 0 Å². The molecule has 0 amide bonds. The lowest BCUT2D eigenvalue weighted by Gasteiger charge is -2.23. The Bertz CT molecular complexity index is 277. The molecule has 0 bridgehead atoms. The Labute approximate surface area is 89.0 Å². The molecule has 1 aromatic rings. The van der Waals surface area contributed by atoms with Crippen LogP contribution < -0.4 is 5.32 Å². The second-order valence-corrected chi connectivity index (χ2v) is 5.24. The first kappa shape index (κ1) is 10.1. The van der Waals surface area contributed by atoms with Crippen LogP contribution >= 0.6 is 11.3 Å². The van der Waals surface area contributed by atoms with E-state index in [0.29, 0.717) is 12.6 Å². The molecular weight excluding hydrogens is 194 g/mol. The summed E-state index contributed by atoms with van der Waals surface area (Å²) in [6, 6.07) is 2.75. The molecule has 1 atom stereocenters. The van der Waals surface area contributed by atoms with E-state index in [9.17, 15) is 5.11 Å². The van der Waals surface area contributed by atoms with Crippen LogP contribution in [0.4, 0.5) is 0 Å². The molecule has 14 heavy (non-hydrogen) atoms. The monoisotopic (exact) mass is 211 g/mol. The van der Waals surface area contributed by atoms with E-state index in [0.717, 1.165) is 6.42 Å². The van der Waals surface area contributed by atoms with E-state index in [1.165, 1.54) is 18.4 Å². The first-order chi connectivity index (χ1) is 6.66. The van der Waals surface area contributed by atoms with Crippen LogP contribution in [0.15, 0.2) is 16.8 Å². The zero-order valence-corrected chi connectivity index (χ0v) is 9.31. The van der Waals surface area contributed by atoms with Crippen molar-refractivity contribution in [2.24, 2.45) is 0 Å². The van der Waals surface area contributed by atoms with Crippen LogP contribution in [0.3, 0.4) is 0 Å². The zero-order chi connectivity index (χ0) is 10.0. The van der Waals surface area contributed by atoms with Crippen LogP contribution in [-0.4, -0.2) is 23.3 Å². The molecule has 1 saturated carbocycles. The van der Waals surface area contributed by atoms with Gasteiger partial charge >= 0.3 is 0 Å². The quantitative estimate of drug-likeness (QED) is 0.778. The van der Waals surface area contributed by atoms with Gasteiger partial charge in [-0.15, -0.1) is 0 Å². The highest BCUT2D eigenvalue weighted by Gasteiger charge is 2.26. The molecule has 1 aliphatic rings. The highest BCUT2D eigenvalue weighted by molar-refractivity contribution is 7.07. The summed E-state index contributed by atoms with van der Waals surface area (Å²) in [6.45, 7) is 2.60. The second kappa shape index (κ2) is 4.01. The average molecular weight is 211 g/mol. The molecule has 0 aromatic carbocycles. The largest absolute Gasteiger partial charge is 0.389 e. The molecular formula is C11H17NOS. The first-order valence-corrected chi connectivity index (χ1v) is 6.07. The first-order valence-electron chi connectivity index (χ1n) is 5.13. The minimum Gasteiger partial charge on any atom is -0.389 e. The smallest absolute Gasteiger partial charge is 0.0784 e. The van der Waals surface area contributed by atoms with E-state index >= 15 is 0 Å². The summed E-state index contributed by atoms with van der Waals surface area (Å²) < 4.78 is 0. The van der Waals surface area contributed by atoms with Gasteiger partial charge in [0.15, 0.2) is 0 Å². The van der Waals surface area contributed by atoms with E-state index in [1.807, 2.05) is 6.92 Å². The van der Waals surface area contributed by atoms with Crippen molar-refractivity contribution in [2.75, 3.05) is 6.54 Å². The lowest BCUT2D eigenvalue weighted by atomic mass is 9.98. The third kappa shape index (κ3) is 3.08. The van der Waals surface area contributed by atoms with Crippen LogP contribution in [0.25, 0.3) is 0 Å². The maximum atomic E-state index is 10.1. The molecule has 1 heterocycles. The van der Waals surface area contributed by atoms with Crippen LogP contribution in [0.5, 0.6) is 0 Å². The molecule has 1 aromatic heterocycles. The van der Waals surface area contributed by atoms with E-state index < -0.39 is 5.60 Å². The molecule has 0 radical (unpaired) electrons. The van der Waals surface area contributed by atoms with Crippen LogP contribution in [0.2, 0.25) is 0 Å². The fraction of sp³-hybridized carbons (Fsp3) is 0.636. The lowest BCUT2D eigenvalue weighted by Crippen LogP contribution is -2.40. The van der Waals surface area contributed by atoms with Crippen molar-refractivity contribution in [3.05, 3.63) is 22.4 Å². The van der Waals surface area contributed by atoms with Gasteiger partial charge in [0.1, 0.15) is 0 Å². The minimum atomic E-state index is -0.607. The number of aliphatic hydroxyl groups is 1. The van der Waals surface area contributed by atoms with Crippen molar-refractivity contribution < 1.29 is 5.11 Å². The van der Waals surface area contributed by atoms with E-state index in [1.54, 1.807) is 11.3 Å². The number of thiophene rings is 1. The standard InChI is InChI=1S/C11H17NOS/c1-11(13,8-12-10-2-3-10)6-9-4-5-14-7-9/h4-5,7,10,12-13H,2-3,6,8H2,1H3. The van der Waals surface area contributed by atoms with Gasteiger partial charge in [0.05, 0.1) is 5.60 Å². The minimum absolute atomic E-state index is 0.607. The van der Waals surface area contributed by atoms with Crippen molar-refractivity contribution in [3.63, 3.8) is 0 Å². The molecule has 2 rings (SSSR count). The van der Waals surface area contributed by atoms with Crippen molar-refractivity contribution >= 4 is 11.3 Å². The maximum Gasteiger partial charge on any atom is 0.0784 e. The molecule has 2 N–H and O–H groups in total. The molecule has 1 fully saturated rings. The Morgan fingerprint density at radius 2 is 2.43 bits per heavy atom. The van der Waals surface area contributed by atoms with Gasteiger partial charge in [-0.3, -0.25) is 0 Å². The topological polar surface area (TPSA) is 32.3 Å². The predicted octanol–water partition coefficient (Wildman–Crippen LogP) is 1.79. The molecule has 0 saturated heterocycles. The van der Waals surface area contributed by atoms with Gasteiger partial charge < -0.3 is 10.4 Å². The van der Waals surface area contributed by atoms with Crippen LogP contribution in [-0.2, 0) is 6.42 Å². The summed E-state index contributed by atoms with van der Waals surface area (Å²) in [7, 11) is 0. The fourth-order valence-corrected chi connectivity index (χ4v) is 2.22. The zero-order valence-electron chi connectivity index (χ0n) is 8.49. The third-order valence-electron chi connectivity index (χ3n) is 2.51. The van der Waals surface area contributed by atoms with Crippen molar-refractivity contribution in [2.45, 2.75) is 37.8 Å². The van der Waals surface area contributed by atoms with Gasteiger partial charge in [-0.2, -0.15) is 11.3 Å². The summed E-state index contributed by atoms with van der Waals surface area (Å²) in [5.74, 6) is 0. The number of rotatable bonds is 5. The Balaban J connectivity index is 1.81. The van der Waals surface area contributed by atoms with Crippen molar-refractivity contribution in [1.29, 1.82) is 0 Å². The predicted molar refractivity (Wildman–Crippen MR) is 59.7 cm³/mol. The molecule has 2 nitrogen and oxygen atoms in total. The number of hydrogen-bond acceptors (Lipinski definition) is 3. The van der Waals surface area contributed by atoms with E-state index in [2.05, 4.69) is 22.1 Å². The highest BCUT2D eigenvalue weighted by atomic mass is 32.1. The van der Waals surface area contributed by atoms with Crippen molar-refractivity contribution in [1.82, 2.24) is 5.32 Å². The Morgan fingerprint density at radius 3 is 3.00 bits per heavy atom. The molecule has 3 heteroatoms. The summed E-state index contributed by atoms with van der Waals surface area (Å²) in [4.78, 5) is 0. The van der Waals surface area contributed by atoms with E-state index in [-0.39, 0.29) is 0 Å². The van der Waals surface area contributed by atoms with Gasteiger partial charge in [-0.1, -0.05) is 0 Å². The lowest BCUT2D eigenvalue weighted by molar-refractivity contribution is 0.0598. The summed E-state index contributed by atoms with van der Waals surface area (Å²) in [5, 5.41) is 17.6. The van der Waals surface area contributed by atoms with Crippen LogP contribution in [0, 0.1) is 0 Å². The van der Waals surface area contributed by atoms with Crippen molar-refractivity contribution in [3.8, 4) is 0 Å².